The van der Waals surface area contributed by atoms with Crippen molar-refractivity contribution in [2.24, 2.45) is 11.8 Å². The molecule has 2 N–H and O–H groups in total. The lowest BCUT2D eigenvalue weighted by molar-refractivity contribution is 0.140. The Kier molecular flexibility index (Phi) is 5.68. The van der Waals surface area contributed by atoms with Crippen LogP contribution in [-0.4, -0.2) is 42.1 Å². The van der Waals surface area contributed by atoms with Crippen LogP contribution in [0.1, 0.15) is 26.7 Å². The van der Waals surface area contributed by atoms with Gasteiger partial charge in [-0.2, -0.15) is 0 Å². The Morgan fingerprint density at radius 1 is 1.29 bits per heavy atom. The normalized spacial score (nSPS) is 21.8. The van der Waals surface area contributed by atoms with E-state index in [1.807, 2.05) is 24.3 Å². The summed E-state index contributed by atoms with van der Waals surface area (Å²) in [4.78, 5) is 18.9. The molecule has 2 amide bonds. The molecule has 130 valence electrons. The van der Waals surface area contributed by atoms with Gasteiger partial charge in [-0.3, -0.25) is 5.32 Å². The van der Waals surface area contributed by atoms with E-state index < -0.39 is 0 Å². The Morgan fingerprint density at radius 2 is 2.04 bits per heavy atom. The van der Waals surface area contributed by atoms with E-state index >= 15 is 0 Å². The summed E-state index contributed by atoms with van der Waals surface area (Å²) >= 11 is 1.50. The van der Waals surface area contributed by atoms with Crippen molar-refractivity contribution in [3.8, 4) is 0 Å². The molecule has 3 rings (SSSR count). The first-order valence-corrected chi connectivity index (χ1v) is 9.54. The van der Waals surface area contributed by atoms with E-state index in [1.54, 1.807) is 0 Å². The molecule has 2 heterocycles. The van der Waals surface area contributed by atoms with Crippen LogP contribution < -0.4 is 10.6 Å². The third-order valence-corrected chi connectivity index (χ3v) is 5.35. The van der Waals surface area contributed by atoms with Crippen molar-refractivity contribution in [2.75, 3.05) is 31.5 Å². The van der Waals surface area contributed by atoms with Gasteiger partial charge in [0, 0.05) is 19.6 Å². The lowest BCUT2D eigenvalue weighted by Gasteiger charge is -2.34. The highest BCUT2D eigenvalue weighted by Crippen LogP contribution is 2.25. The molecule has 0 bridgehead atoms. The molecule has 0 saturated carbocycles. The number of fused-ring (bicyclic) bond motifs is 1. The van der Waals surface area contributed by atoms with E-state index in [1.165, 1.54) is 30.8 Å². The number of thiazole rings is 1. The first-order valence-electron chi connectivity index (χ1n) is 8.73. The van der Waals surface area contributed by atoms with Crippen molar-refractivity contribution in [1.82, 2.24) is 15.2 Å². The maximum atomic E-state index is 12.0. The van der Waals surface area contributed by atoms with Crippen LogP contribution >= 0.6 is 11.3 Å². The van der Waals surface area contributed by atoms with Gasteiger partial charge in [0.1, 0.15) is 0 Å². The van der Waals surface area contributed by atoms with Gasteiger partial charge >= 0.3 is 6.03 Å². The van der Waals surface area contributed by atoms with E-state index in [4.69, 9.17) is 0 Å². The Labute approximate surface area is 147 Å². The summed E-state index contributed by atoms with van der Waals surface area (Å²) in [5, 5.41) is 6.40. The average molecular weight is 347 g/mol. The Balaban J connectivity index is 1.38. The van der Waals surface area contributed by atoms with Crippen molar-refractivity contribution in [2.45, 2.75) is 26.7 Å². The predicted octanol–water partition coefficient (Wildman–Crippen LogP) is 3.79. The number of urea groups is 1. The molecule has 2 atom stereocenters. The van der Waals surface area contributed by atoms with Crippen LogP contribution in [0, 0.1) is 11.8 Å². The highest BCUT2D eigenvalue weighted by atomic mass is 32.1. The Hall–Kier alpha value is -1.66. The molecular formula is C18H26N4OS. The predicted molar refractivity (Wildman–Crippen MR) is 101 cm³/mol. The van der Waals surface area contributed by atoms with Gasteiger partial charge in [-0.25, -0.2) is 9.78 Å². The number of hydrogen-bond acceptors (Lipinski definition) is 4. The summed E-state index contributed by atoms with van der Waals surface area (Å²) in [5.41, 5.74) is 0.922. The number of amides is 2. The highest BCUT2D eigenvalue weighted by molar-refractivity contribution is 7.22. The number of rotatable bonds is 5. The van der Waals surface area contributed by atoms with Gasteiger partial charge in [0.05, 0.1) is 10.2 Å². The second-order valence-electron chi connectivity index (χ2n) is 6.93. The second kappa shape index (κ2) is 7.94. The van der Waals surface area contributed by atoms with E-state index in [0.29, 0.717) is 11.7 Å². The summed E-state index contributed by atoms with van der Waals surface area (Å²) in [6.07, 6.45) is 2.31. The highest BCUT2D eigenvalue weighted by Gasteiger charge is 2.21. The van der Waals surface area contributed by atoms with Gasteiger partial charge in [0.2, 0.25) is 0 Å². The summed E-state index contributed by atoms with van der Waals surface area (Å²) in [5.74, 6) is 1.56. The molecule has 1 aromatic heterocycles. The number of nitrogens with zero attached hydrogens (tertiary/aromatic N) is 2. The summed E-state index contributed by atoms with van der Waals surface area (Å²) in [6, 6.07) is 7.72. The van der Waals surface area contributed by atoms with Gasteiger partial charge in [0.15, 0.2) is 5.13 Å². The molecule has 24 heavy (non-hydrogen) atoms. The third-order valence-electron chi connectivity index (χ3n) is 4.40. The van der Waals surface area contributed by atoms with E-state index in [9.17, 15) is 4.79 Å². The van der Waals surface area contributed by atoms with Crippen molar-refractivity contribution >= 4 is 32.7 Å². The number of hydrogen-bond donors (Lipinski definition) is 2. The molecule has 0 unspecified atom stereocenters. The fourth-order valence-corrected chi connectivity index (χ4v) is 4.41. The molecule has 1 fully saturated rings. The molecule has 1 aliphatic heterocycles. The van der Waals surface area contributed by atoms with Gasteiger partial charge in [-0.1, -0.05) is 37.3 Å². The Bertz CT molecular complexity index is 643. The van der Waals surface area contributed by atoms with Crippen LogP contribution in [0.2, 0.25) is 0 Å². The van der Waals surface area contributed by atoms with E-state index in [0.717, 1.165) is 35.0 Å². The number of aromatic nitrogens is 1. The smallest absolute Gasteiger partial charge is 0.321 e. The fourth-order valence-electron chi connectivity index (χ4n) is 3.55. The summed E-state index contributed by atoms with van der Waals surface area (Å²) < 4.78 is 1.08. The SMILES string of the molecule is C[C@@H]1C[C@H](C)CN(CCCNC(=O)Nc2nc3ccccc3s2)C1. The van der Waals surface area contributed by atoms with Crippen molar-refractivity contribution < 1.29 is 4.79 Å². The first kappa shape index (κ1) is 17.2. The zero-order valence-electron chi connectivity index (χ0n) is 14.4. The number of nitrogens with one attached hydrogen (secondary N) is 2. The standard InChI is InChI=1S/C18H26N4OS/c1-13-10-14(2)12-22(11-13)9-5-8-19-17(23)21-18-20-15-6-3-4-7-16(15)24-18/h3-4,6-7,13-14H,5,8-12H2,1-2H3,(H2,19,20,21,23)/t13-,14+. The van der Waals surface area contributed by atoms with Gasteiger partial charge in [0.25, 0.3) is 0 Å². The number of para-hydroxylation sites is 1. The van der Waals surface area contributed by atoms with Crippen LogP contribution in [0.15, 0.2) is 24.3 Å². The molecule has 1 saturated heterocycles. The average Bonchev–Trinajstić information content (AvgIpc) is 2.92. The van der Waals surface area contributed by atoms with Gasteiger partial charge < -0.3 is 10.2 Å². The molecule has 1 aromatic carbocycles. The number of likely N-dealkylation sites (tertiary alicyclic amines) is 1. The maximum Gasteiger partial charge on any atom is 0.321 e. The van der Waals surface area contributed by atoms with Crippen LogP contribution in [0.3, 0.4) is 0 Å². The van der Waals surface area contributed by atoms with E-state index in [2.05, 4.69) is 34.4 Å². The molecule has 0 spiro atoms. The van der Waals surface area contributed by atoms with Crippen molar-refractivity contribution in [3.05, 3.63) is 24.3 Å². The molecule has 0 radical (unpaired) electrons. The number of carbonyl (C=O) groups excluding carboxylic acids is 1. The summed E-state index contributed by atoms with van der Waals surface area (Å²) in [7, 11) is 0. The minimum atomic E-state index is -0.172. The Morgan fingerprint density at radius 3 is 2.79 bits per heavy atom. The van der Waals surface area contributed by atoms with E-state index in [-0.39, 0.29) is 6.03 Å². The van der Waals surface area contributed by atoms with Crippen LogP contribution in [-0.2, 0) is 0 Å². The zero-order valence-corrected chi connectivity index (χ0v) is 15.2. The molecule has 5 nitrogen and oxygen atoms in total. The van der Waals surface area contributed by atoms with Crippen molar-refractivity contribution in [3.63, 3.8) is 0 Å². The zero-order chi connectivity index (χ0) is 16.9. The second-order valence-corrected chi connectivity index (χ2v) is 7.96. The van der Waals surface area contributed by atoms with Crippen LogP contribution in [0.25, 0.3) is 10.2 Å². The van der Waals surface area contributed by atoms with Crippen molar-refractivity contribution in [1.29, 1.82) is 0 Å². The molecule has 0 aliphatic carbocycles. The topological polar surface area (TPSA) is 57.3 Å². The monoisotopic (exact) mass is 346 g/mol. The number of piperidine rings is 1. The largest absolute Gasteiger partial charge is 0.338 e. The van der Waals surface area contributed by atoms with Gasteiger partial charge in [-0.05, 0) is 43.4 Å². The minimum absolute atomic E-state index is 0.172. The fraction of sp³-hybridized carbons (Fsp3) is 0.556. The molecule has 2 aromatic rings. The number of benzene rings is 1. The molecular weight excluding hydrogens is 320 g/mol. The molecule has 1 aliphatic rings. The lowest BCUT2D eigenvalue weighted by atomic mass is 9.92. The quantitative estimate of drug-likeness (QED) is 0.810. The van der Waals surface area contributed by atoms with Crippen LogP contribution in [0.5, 0.6) is 0 Å². The molecule has 6 heteroatoms. The minimum Gasteiger partial charge on any atom is -0.338 e. The van der Waals surface area contributed by atoms with Crippen LogP contribution in [0.4, 0.5) is 9.93 Å². The number of anilines is 1. The number of carbonyl (C=O) groups is 1. The van der Waals surface area contributed by atoms with Gasteiger partial charge in [-0.15, -0.1) is 0 Å². The first-order chi connectivity index (χ1) is 11.6. The lowest BCUT2D eigenvalue weighted by Crippen LogP contribution is -2.40. The third kappa shape index (κ3) is 4.68. The summed E-state index contributed by atoms with van der Waals surface area (Å²) in [6.45, 7) is 8.76. The maximum absolute atomic E-state index is 12.0.